The van der Waals surface area contributed by atoms with E-state index in [9.17, 15) is 0 Å². The summed E-state index contributed by atoms with van der Waals surface area (Å²) in [5, 5.41) is 3.78. The first-order valence-corrected chi connectivity index (χ1v) is 5.60. The Morgan fingerprint density at radius 3 is 3.08 bits per heavy atom. The van der Waals surface area contributed by atoms with Crippen molar-refractivity contribution in [2.24, 2.45) is 0 Å². The van der Waals surface area contributed by atoms with E-state index < -0.39 is 0 Å². The SMILES string of the molecule is CC(C)Sc1cn2ccsc2n1. The van der Waals surface area contributed by atoms with E-state index in [2.05, 4.69) is 29.4 Å². The third-order valence-electron chi connectivity index (χ3n) is 1.43. The zero-order valence-electron chi connectivity index (χ0n) is 7.02. The first kappa shape index (κ1) is 8.13. The molecular formula is C8H10N2S2. The zero-order chi connectivity index (χ0) is 8.55. The molecule has 0 amide bonds. The molecule has 0 bridgehead atoms. The fourth-order valence-corrected chi connectivity index (χ4v) is 2.56. The minimum atomic E-state index is 0.606. The summed E-state index contributed by atoms with van der Waals surface area (Å²) in [7, 11) is 0. The lowest BCUT2D eigenvalue weighted by molar-refractivity contribution is 1.09. The van der Waals surface area contributed by atoms with E-state index in [4.69, 9.17) is 0 Å². The average Bonchev–Trinajstić information content (AvgIpc) is 2.43. The molecule has 12 heavy (non-hydrogen) atoms. The van der Waals surface area contributed by atoms with Crippen LogP contribution in [-0.2, 0) is 0 Å². The number of aromatic nitrogens is 2. The van der Waals surface area contributed by atoms with Crippen LogP contribution in [0, 0.1) is 0 Å². The van der Waals surface area contributed by atoms with E-state index >= 15 is 0 Å². The molecule has 2 heterocycles. The second kappa shape index (κ2) is 3.11. The van der Waals surface area contributed by atoms with Crippen LogP contribution in [0.25, 0.3) is 4.96 Å². The van der Waals surface area contributed by atoms with Gasteiger partial charge in [-0.25, -0.2) is 4.98 Å². The van der Waals surface area contributed by atoms with Gasteiger partial charge in [0.1, 0.15) is 5.03 Å². The molecule has 2 aromatic heterocycles. The Morgan fingerprint density at radius 2 is 2.42 bits per heavy atom. The highest BCUT2D eigenvalue weighted by molar-refractivity contribution is 7.99. The van der Waals surface area contributed by atoms with Crippen LogP contribution in [0.15, 0.2) is 22.8 Å². The van der Waals surface area contributed by atoms with Crippen molar-refractivity contribution in [2.75, 3.05) is 0 Å². The predicted octanol–water partition coefficient (Wildman–Crippen LogP) is 2.90. The van der Waals surface area contributed by atoms with Crippen molar-refractivity contribution in [3.63, 3.8) is 0 Å². The minimum Gasteiger partial charge on any atom is -0.297 e. The molecule has 0 saturated carbocycles. The molecule has 2 nitrogen and oxygen atoms in total. The van der Waals surface area contributed by atoms with Crippen LogP contribution in [0.4, 0.5) is 0 Å². The second-order valence-corrected chi connectivity index (χ2v) is 5.31. The van der Waals surface area contributed by atoms with Crippen LogP contribution in [0.2, 0.25) is 0 Å². The van der Waals surface area contributed by atoms with E-state index in [-0.39, 0.29) is 0 Å². The van der Waals surface area contributed by atoms with Crippen molar-refractivity contribution >= 4 is 28.1 Å². The summed E-state index contributed by atoms with van der Waals surface area (Å²) in [4.78, 5) is 5.54. The van der Waals surface area contributed by atoms with Gasteiger partial charge in [0.05, 0.1) is 0 Å². The molecule has 64 valence electrons. The Balaban J connectivity index is 2.32. The molecule has 0 aliphatic carbocycles. The van der Waals surface area contributed by atoms with Crippen molar-refractivity contribution < 1.29 is 0 Å². The largest absolute Gasteiger partial charge is 0.297 e. The van der Waals surface area contributed by atoms with Gasteiger partial charge >= 0.3 is 0 Å². The second-order valence-electron chi connectivity index (χ2n) is 2.84. The maximum Gasteiger partial charge on any atom is 0.194 e. The quantitative estimate of drug-likeness (QED) is 0.690. The summed E-state index contributed by atoms with van der Waals surface area (Å²) < 4.78 is 2.06. The highest BCUT2D eigenvalue weighted by Crippen LogP contribution is 2.23. The number of rotatable bonds is 2. The topological polar surface area (TPSA) is 17.3 Å². The van der Waals surface area contributed by atoms with E-state index in [0.29, 0.717) is 5.25 Å². The summed E-state index contributed by atoms with van der Waals surface area (Å²) in [6.07, 6.45) is 4.12. The number of thiazole rings is 1. The molecule has 4 heteroatoms. The number of fused-ring (bicyclic) bond motifs is 1. The molecular weight excluding hydrogens is 188 g/mol. The highest BCUT2D eigenvalue weighted by Gasteiger charge is 2.04. The summed E-state index contributed by atoms with van der Waals surface area (Å²) in [5.74, 6) is 0. The molecule has 0 saturated heterocycles. The van der Waals surface area contributed by atoms with Crippen molar-refractivity contribution in [3.8, 4) is 0 Å². The van der Waals surface area contributed by atoms with Crippen molar-refractivity contribution in [1.29, 1.82) is 0 Å². The smallest absolute Gasteiger partial charge is 0.194 e. The number of imidazole rings is 1. The summed E-state index contributed by atoms with van der Waals surface area (Å²) in [5.41, 5.74) is 0. The van der Waals surface area contributed by atoms with Crippen LogP contribution in [0.3, 0.4) is 0 Å². The van der Waals surface area contributed by atoms with Gasteiger partial charge in [-0.2, -0.15) is 0 Å². The maximum absolute atomic E-state index is 4.46. The van der Waals surface area contributed by atoms with E-state index in [1.807, 2.05) is 11.6 Å². The molecule has 0 unspecified atom stereocenters. The van der Waals surface area contributed by atoms with Crippen LogP contribution < -0.4 is 0 Å². The molecule has 2 rings (SSSR count). The average molecular weight is 198 g/mol. The lowest BCUT2D eigenvalue weighted by Crippen LogP contribution is -1.84. The number of thioether (sulfide) groups is 1. The van der Waals surface area contributed by atoms with E-state index in [1.165, 1.54) is 0 Å². The molecule has 0 radical (unpaired) electrons. The lowest BCUT2D eigenvalue weighted by Gasteiger charge is -1.97. The van der Waals surface area contributed by atoms with Gasteiger partial charge in [0.25, 0.3) is 0 Å². The standard InChI is InChI=1S/C8H10N2S2/c1-6(2)12-7-5-10-3-4-11-8(10)9-7/h3-6H,1-2H3. The van der Waals surface area contributed by atoms with Crippen molar-refractivity contribution in [2.45, 2.75) is 24.1 Å². The van der Waals surface area contributed by atoms with Gasteiger partial charge in [0.2, 0.25) is 0 Å². The van der Waals surface area contributed by atoms with Gasteiger partial charge in [-0.05, 0) is 0 Å². The van der Waals surface area contributed by atoms with Gasteiger partial charge in [-0.3, -0.25) is 4.40 Å². The number of hydrogen-bond acceptors (Lipinski definition) is 3. The van der Waals surface area contributed by atoms with Crippen molar-refractivity contribution in [1.82, 2.24) is 9.38 Å². The zero-order valence-corrected chi connectivity index (χ0v) is 8.65. The summed E-state index contributed by atoms with van der Waals surface area (Å²) in [6, 6.07) is 0. The van der Waals surface area contributed by atoms with Crippen LogP contribution in [-0.4, -0.2) is 14.6 Å². The van der Waals surface area contributed by atoms with Crippen molar-refractivity contribution in [3.05, 3.63) is 17.8 Å². The summed E-state index contributed by atoms with van der Waals surface area (Å²) in [6.45, 7) is 4.36. The fraction of sp³-hybridized carbons (Fsp3) is 0.375. The van der Waals surface area contributed by atoms with E-state index in [1.54, 1.807) is 23.1 Å². The lowest BCUT2D eigenvalue weighted by atomic mass is 10.6. The fourth-order valence-electron chi connectivity index (χ4n) is 1.00. The number of hydrogen-bond donors (Lipinski definition) is 0. The van der Waals surface area contributed by atoms with Gasteiger partial charge in [0, 0.05) is 23.0 Å². The Labute approximate surface area is 79.6 Å². The Hall–Kier alpha value is -0.480. The first-order chi connectivity index (χ1) is 5.75. The van der Waals surface area contributed by atoms with E-state index in [0.717, 1.165) is 9.99 Å². The van der Waals surface area contributed by atoms with Gasteiger partial charge < -0.3 is 0 Å². The monoisotopic (exact) mass is 198 g/mol. The first-order valence-electron chi connectivity index (χ1n) is 3.84. The third-order valence-corrected chi connectivity index (χ3v) is 3.11. The third kappa shape index (κ3) is 1.49. The van der Waals surface area contributed by atoms with Gasteiger partial charge in [-0.15, -0.1) is 23.1 Å². The minimum absolute atomic E-state index is 0.606. The summed E-state index contributed by atoms with van der Waals surface area (Å²) >= 11 is 3.48. The number of nitrogens with zero attached hydrogens (tertiary/aromatic N) is 2. The molecule has 0 N–H and O–H groups in total. The van der Waals surface area contributed by atoms with Crippen LogP contribution in [0.5, 0.6) is 0 Å². The van der Waals surface area contributed by atoms with Crippen LogP contribution in [0.1, 0.15) is 13.8 Å². The normalized spacial score (nSPS) is 11.6. The molecule has 0 fully saturated rings. The highest BCUT2D eigenvalue weighted by atomic mass is 32.2. The predicted molar refractivity (Wildman–Crippen MR) is 54.1 cm³/mol. The molecule has 0 aromatic carbocycles. The molecule has 0 aliphatic heterocycles. The molecule has 0 spiro atoms. The van der Waals surface area contributed by atoms with Crippen LogP contribution >= 0.6 is 23.1 Å². The Bertz CT molecular complexity index is 346. The van der Waals surface area contributed by atoms with Gasteiger partial charge in [-0.1, -0.05) is 13.8 Å². The van der Waals surface area contributed by atoms with Gasteiger partial charge in [0.15, 0.2) is 4.96 Å². The maximum atomic E-state index is 4.46. The Kier molecular flexibility index (Phi) is 2.11. The molecule has 0 aliphatic rings. The Morgan fingerprint density at radius 1 is 1.58 bits per heavy atom. The molecule has 2 aromatic rings. The molecule has 0 atom stereocenters.